The Labute approximate surface area is 152 Å². The monoisotopic (exact) mass is 363 g/mol. The Morgan fingerprint density at radius 2 is 1.68 bits per heavy atom. The van der Waals surface area contributed by atoms with Crippen LogP contribution < -0.4 is 5.32 Å². The molecule has 1 aromatic carbocycles. The molecule has 1 N–H and O–H groups in total. The average molecular weight is 363 g/mol. The van der Waals surface area contributed by atoms with Gasteiger partial charge >= 0.3 is 0 Å². The lowest BCUT2D eigenvalue weighted by molar-refractivity contribution is -0.139. The topological polar surface area (TPSA) is 69.7 Å². The number of nitrogens with one attached hydrogen (secondary N) is 1. The van der Waals surface area contributed by atoms with Gasteiger partial charge in [0, 0.05) is 38.7 Å². The molecule has 0 spiro atoms. The fourth-order valence-corrected chi connectivity index (χ4v) is 3.26. The summed E-state index contributed by atoms with van der Waals surface area (Å²) in [6.07, 6.45) is 2.57. The molecule has 6 nitrogen and oxygen atoms in total. The molecule has 1 aromatic rings. The number of carbonyl (C=O) groups excluding carboxylic acids is 3. The highest BCUT2D eigenvalue weighted by Crippen LogP contribution is 2.10. The van der Waals surface area contributed by atoms with Gasteiger partial charge in [-0.05, 0) is 30.6 Å². The Hall–Kier alpha value is -2.02. The van der Waals surface area contributed by atoms with E-state index in [2.05, 4.69) is 5.32 Å². The van der Waals surface area contributed by atoms with Crippen molar-refractivity contribution in [3.05, 3.63) is 35.9 Å². The van der Waals surface area contributed by atoms with Crippen molar-refractivity contribution in [1.82, 2.24) is 15.1 Å². The van der Waals surface area contributed by atoms with Gasteiger partial charge in [0.2, 0.25) is 11.8 Å². The molecule has 0 unspecified atom stereocenters. The fourth-order valence-electron chi connectivity index (χ4n) is 2.79. The lowest BCUT2D eigenvalue weighted by Crippen LogP contribution is -2.55. The van der Waals surface area contributed by atoms with Crippen LogP contribution >= 0.6 is 11.8 Å². The Morgan fingerprint density at radius 1 is 1.08 bits per heavy atom. The first-order chi connectivity index (χ1) is 12.0. The molecule has 1 aliphatic rings. The number of nitrogens with zero attached hydrogens (tertiary/aromatic N) is 2. The van der Waals surface area contributed by atoms with E-state index in [1.54, 1.807) is 52.8 Å². The van der Waals surface area contributed by atoms with E-state index >= 15 is 0 Å². The molecule has 1 fully saturated rings. The Morgan fingerprint density at radius 3 is 2.24 bits per heavy atom. The van der Waals surface area contributed by atoms with Gasteiger partial charge in [0.1, 0.15) is 6.04 Å². The van der Waals surface area contributed by atoms with Gasteiger partial charge in [-0.1, -0.05) is 18.2 Å². The molecule has 0 saturated carbocycles. The highest BCUT2D eigenvalue weighted by atomic mass is 32.2. The van der Waals surface area contributed by atoms with Crippen LogP contribution in [0.2, 0.25) is 0 Å². The van der Waals surface area contributed by atoms with E-state index in [4.69, 9.17) is 0 Å². The first kappa shape index (κ1) is 19.3. The summed E-state index contributed by atoms with van der Waals surface area (Å²) in [7, 11) is 0. The van der Waals surface area contributed by atoms with Crippen molar-refractivity contribution < 1.29 is 14.4 Å². The van der Waals surface area contributed by atoms with E-state index in [0.717, 1.165) is 5.75 Å². The SMILES string of the molecule is CSCC[C@H](NC(=O)c1ccccc1)C(=O)N1CCN(C(C)=O)CC1. The molecule has 25 heavy (non-hydrogen) atoms. The summed E-state index contributed by atoms with van der Waals surface area (Å²) in [5, 5.41) is 2.88. The number of amides is 3. The summed E-state index contributed by atoms with van der Waals surface area (Å²) >= 11 is 1.65. The van der Waals surface area contributed by atoms with Crippen LogP contribution in [0.25, 0.3) is 0 Å². The number of benzene rings is 1. The molecule has 136 valence electrons. The largest absolute Gasteiger partial charge is 0.340 e. The van der Waals surface area contributed by atoms with Crippen molar-refractivity contribution in [2.24, 2.45) is 0 Å². The van der Waals surface area contributed by atoms with Crippen molar-refractivity contribution >= 4 is 29.5 Å². The molecule has 1 saturated heterocycles. The molecule has 0 bridgehead atoms. The number of hydrogen-bond acceptors (Lipinski definition) is 4. The van der Waals surface area contributed by atoms with Crippen LogP contribution in [-0.4, -0.2) is 71.8 Å². The first-order valence-corrected chi connectivity index (χ1v) is 9.81. The maximum Gasteiger partial charge on any atom is 0.251 e. The molecule has 7 heteroatoms. The minimum absolute atomic E-state index is 0.0309. The van der Waals surface area contributed by atoms with Crippen LogP contribution in [0.4, 0.5) is 0 Å². The van der Waals surface area contributed by atoms with Gasteiger partial charge in [0.05, 0.1) is 0 Å². The number of carbonyl (C=O) groups is 3. The third kappa shape index (κ3) is 5.49. The fraction of sp³-hybridized carbons (Fsp3) is 0.500. The van der Waals surface area contributed by atoms with Crippen molar-refractivity contribution in [1.29, 1.82) is 0 Å². The van der Waals surface area contributed by atoms with Gasteiger partial charge in [-0.15, -0.1) is 0 Å². The number of hydrogen-bond donors (Lipinski definition) is 1. The average Bonchev–Trinajstić information content (AvgIpc) is 2.65. The van der Waals surface area contributed by atoms with E-state index in [0.29, 0.717) is 38.2 Å². The lowest BCUT2D eigenvalue weighted by atomic mass is 10.1. The molecular formula is C18H25N3O3S. The smallest absolute Gasteiger partial charge is 0.251 e. The second-order valence-corrected chi connectivity index (χ2v) is 6.99. The quantitative estimate of drug-likeness (QED) is 0.825. The molecule has 0 aliphatic carbocycles. The maximum atomic E-state index is 12.8. The van der Waals surface area contributed by atoms with Crippen molar-refractivity contribution in [3.8, 4) is 0 Å². The summed E-state index contributed by atoms with van der Waals surface area (Å²) in [6.45, 7) is 3.65. The summed E-state index contributed by atoms with van der Waals surface area (Å²) in [6, 6.07) is 8.38. The predicted molar refractivity (Wildman–Crippen MR) is 99.5 cm³/mol. The zero-order chi connectivity index (χ0) is 18.2. The third-order valence-electron chi connectivity index (χ3n) is 4.29. The normalized spacial score (nSPS) is 15.6. The molecule has 2 rings (SSSR count). The Bertz CT molecular complexity index is 601. The first-order valence-electron chi connectivity index (χ1n) is 8.42. The molecule has 3 amide bonds. The molecule has 0 radical (unpaired) electrons. The van der Waals surface area contributed by atoms with Crippen LogP contribution in [0.5, 0.6) is 0 Å². The minimum Gasteiger partial charge on any atom is -0.340 e. The van der Waals surface area contributed by atoms with Crippen LogP contribution in [0, 0.1) is 0 Å². The summed E-state index contributed by atoms with van der Waals surface area (Å²) in [5.41, 5.74) is 0.547. The van der Waals surface area contributed by atoms with Gasteiger partial charge in [-0.3, -0.25) is 14.4 Å². The number of thioether (sulfide) groups is 1. The summed E-state index contributed by atoms with van der Waals surface area (Å²) in [5.74, 6) is 0.520. The summed E-state index contributed by atoms with van der Waals surface area (Å²) < 4.78 is 0. The van der Waals surface area contributed by atoms with Crippen LogP contribution in [-0.2, 0) is 9.59 Å². The van der Waals surface area contributed by atoms with Crippen molar-refractivity contribution in [2.75, 3.05) is 38.2 Å². The van der Waals surface area contributed by atoms with Gasteiger partial charge < -0.3 is 15.1 Å². The van der Waals surface area contributed by atoms with E-state index in [1.807, 2.05) is 12.3 Å². The Balaban J connectivity index is 2.00. The van der Waals surface area contributed by atoms with Gasteiger partial charge in [-0.25, -0.2) is 0 Å². The van der Waals surface area contributed by atoms with Gasteiger partial charge in [-0.2, -0.15) is 11.8 Å². The molecule has 0 aromatic heterocycles. The standard InChI is InChI=1S/C18H25N3O3S/c1-14(22)20-9-11-21(12-10-20)18(24)16(8-13-25-2)19-17(23)15-6-4-3-5-7-15/h3-7,16H,8-13H2,1-2H3,(H,19,23)/t16-/m0/s1. The minimum atomic E-state index is -0.538. The Kier molecular flexibility index (Phi) is 7.31. The van der Waals surface area contributed by atoms with Crippen LogP contribution in [0.3, 0.4) is 0 Å². The van der Waals surface area contributed by atoms with Gasteiger partial charge in [0.25, 0.3) is 5.91 Å². The van der Waals surface area contributed by atoms with Crippen molar-refractivity contribution in [3.63, 3.8) is 0 Å². The predicted octanol–water partition coefficient (Wildman–Crippen LogP) is 1.23. The van der Waals surface area contributed by atoms with Crippen LogP contribution in [0.15, 0.2) is 30.3 Å². The highest BCUT2D eigenvalue weighted by molar-refractivity contribution is 7.98. The zero-order valence-corrected chi connectivity index (χ0v) is 15.6. The number of piperazine rings is 1. The van der Waals surface area contributed by atoms with E-state index in [9.17, 15) is 14.4 Å². The zero-order valence-electron chi connectivity index (χ0n) is 14.7. The lowest BCUT2D eigenvalue weighted by Gasteiger charge is -2.36. The van der Waals surface area contributed by atoms with Crippen LogP contribution in [0.1, 0.15) is 23.7 Å². The van der Waals surface area contributed by atoms with E-state index in [1.165, 1.54) is 0 Å². The molecule has 1 aliphatic heterocycles. The van der Waals surface area contributed by atoms with E-state index < -0.39 is 6.04 Å². The van der Waals surface area contributed by atoms with E-state index in [-0.39, 0.29) is 17.7 Å². The molecular weight excluding hydrogens is 338 g/mol. The molecule has 1 atom stereocenters. The van der Waals surface area contributed by atoms with Gasteiger partial charge in [0.15, 0.2) is 0 Å². The maximum absolute atomic E-state index is 12.8. The number of rotatable bonds is 6. The second kappa shape index (κ2) is 9.46. The summed E-state index contributed by atoms with van der Waals surface area (Å²) in [4.78, 5) is 40.2. The van der Waals surface area contributed by atoms with Crippen molar-refractivity contribution in [2.45, 2.75) is 19.4 Å². The third-order valence-corrected chi connectivity index (χ3v) is 4.93. The second-order valence-electron chi connectivity index (χ2n) is 6.00. The molecule has 1 heterocycles. The highest BCUT2D eigenvalue weighted by Gasteiger charge is 2.29.